The summed E-state index contributed by atoms with van der Waals surface area (Å²) in [6.07, 6.45) is 3.69. The van der Waals surface area contributed by atoms with Crippen molar-refractivity contribution in [2.45, 2.75) is 30.6 Å². The second kappa shape index (κ2) is 8.07. The molecule has 0 spiro atoms. The van der Waals surface area contributed by atoms with E-state index in [4.69, 9.17) is 4.74 Å². The first-order valence-electron chi connectivity index (χ1n) is 6.81. The van der Waals surface area contributed by atoms with E-state index >= 15 is 0 Å². The van der Waals surface area contributed by atoms with E-state index in [1.807, 2.05) is 25.4 Å². The maximum Gasteiger partial charge on any atom is 0.193 e. The first kappa shape index (κ1) is 15.9. The van der Waals surface area contributed by atoms with Crippen molar-refractivity contribution in [1.29, 1.82) is 0 Å². The average Bonchev–Trinajstić information content (AvgIpc) is 2.44. The zero-order chi connectivity index (χ0) is 15.1. The van der Waals surface area contributed by atoms with Crippen LogP contribution in [0.2, 0.25) is 0 Å². The quantitative estimate of drug-likeness (QED) is 0.626. The van der Waals surface area contributed by atoms with Gasteiger partial charge in [0.15, 0.2) is 5.16 Å². The summed E-state index contributed by atoms with van der Waals surface area (Å²) in [5.41, 5.74) is 3.27. The predicted octanol–water partition coefficient (Wildman–Crippen LogP) is 2.38. The topological polar surface area (TPSA) is 59.9 Å². The van der Waals surface area contributed by atoms with Gasteiger partial charge in [0, 0.05) is 43.9 Å². The van der Waals surface area contributed by atoms with Crippen LogP contribution < -0.4 is 5.32 Å². The van der Waals surface area contributed by atoms with E-state index < -0.39 is 0 Å². The summed E-state index contributed by atoms with van der Waals surface area (Å²) in [5, 5.41) is 4.91. The van der Waals surface area contributed by atoms with Crippen LogP contribution in [0.25, 0.3) is 0 Å². The highest BCUT2D eigenvalue weighted by Gasteiger charge is 2.04. The first-order chi connectivity index (χ1) is 10.2. The van der Waals surface area contributed by atoms with Crippen LogP contribution in [0.3, 0.4) is 0 Å². The molecular weight excluding hydrogens is 284 g/mol. The molecule has 0 fully saturated rings. The molecule has 5 nitrogen and oxygen atoms in total. The monoisotopic (exact) mass is 304 g/mol. The lowest BCUT2D eigenvalue weighted by Gasteiger charge is -2.05. The van der Waals surface area contributed by atoms with E-state index in [0.717, 1.165) is 29.4 Å². The molecule has 0 bridgehead atoms. The second-order valence-corrected chi connectivity index (χ2v) is 5.76. The SMILES string of the molecule is COCCNCc1cnc(Sc2cc(C)cc(C)n2)nc1. The van der Waals surface area contributed by atoms with Gasteiger partial charge in [0.1, 0.15) is 5.03 Å². The fraction of sp³-hybridized carbons (Fsp3) is 0.400. The highest BCUT2D eigenvalue weighted by atomic mass is 32.2. The van der Waals surface area contributed by atoms with Crippen molar-refractivity contribution >= 4 is 11.8 Å². The van der Waals surface area contributed by atoms with Gasteiger partial charge >= 0.3 is 0 Å². The summed E-state index contributed by atoms with van der Waals surface area (Å²) >= 11 is 1.48. The largest absolute Gasteiger partial charge is 0.383 e. The summed E-state index contributed by atoms with van der Waals surface area (Å²) in [6.45, 7) is 6.32. The Balaban J connectivity index is 1.92. The van der Waals surface area contributed by atoms with E-state index in [1.54, 1.807) is 7.11 Å². The Morgan fingerprint density at radius 2 is 1.95 bits per heavy atom. The smallest absolute Gasteiger partial charge is 0.193 e. The second-order valence-electron chi connectivity index (χ2n) is 4.77. The van der Waals surface area contributed by atoms with Crippen molar-refractivity contribution in [2.75, 3.05) is 20.3 Å². The van der Waals surface area contributed by atoms with Crippen molar-refractivity contribution in [3.05, 3.63) is 41.3 Å². The number of pyridine rings is 1. The fourth-order valence-electron chi connectivity index (χ4n) is 1.84. The minimum absolute atomic E-state index is 0.702. The van der Waals surface area contributed by atoms with Crippen LogP contribution in [0.15, 0.2) is 34.7 Å². The van der Waals surface area contributed by atoms with Crippen LogP contribution in [0.4, 0.5) is 0 Å². The van der Waals surface area contributed by atoms with Gasteiger partial charge in [-0.1, -0.05) is 0 Å². The Hall–Kier alpha value is -1.50. The minimum Gasteiger partial charge on any atom is -0.383 e. The van der Waals surface area contributed by atoms with E-state index in [2.05, 4.69) is 33.3 Å². The molecule has 2 aromatic rings. The van der Waals surface area contributed by atoms with Gasteiger partial charge in [-0.2, -0.15) is 0 Å². The maximum absolute atomic E-state index is 4.98. The number of rotatable bonds is 7. The highest BCUT2D eigenvalue weighted by molar-refractivity contribution is 7.99. The molecule has 112 valence electrons. The van der Waals surface area contributed by atoms with Gasteiger partial charge in [-0.3, -0.25) is 0 Å². The predicted molar refractivity (Wildman–Crippen MR) is 83.4 cm³/mol. The molecule has 6 heteroatoms. The molecule has 0 aliphatic carbocycles. The van der Waals surface area contributed by atoms with Crippen LogP contribution >= 0.6 is 11.8 Å². The van der Waals surface area contributed by atoms with Gasteiger partial charge in [-0.05, 0) is 43.3 Å². The number of nitrogens with one attached hydrogen (secondary N) is 1. The van der Waals surface area contributed by atoms with E-state index in [9.17, 15) is 0 Å². The molecular formula is C15H20N4OS. The Bertz CT molecular complexity index is 554. The number of hydrogen-bond donors (Lipinski definition) is 1. The van der Waals surface area contributed by atoms with Crippen LogP contribution in [0.5, 0.6) is 0 Å². The number of aryl methyl sites for hydroxylation is 2. The lowest BCUT2D eigenvalue weighted by atomic mass is 10.3. The zero-order valence-corrected chi connectivity index (χ0v) is 13.4. The van der Waals surface area contributed by atoms with Crippen molar-refractivity contribution < 1.29 is 4.74 Å². The van der Waals surface area contributed by atoms with Crippen molar-refractivity contribution in [1.82, 2.24) is 20.3 Å². The van der Waals surface area contributed by atoms with Gasteiger partial charge in [-0.25, -0.2) is 15.0 Å². The molecule has 2 rings (SSSR count). The van der Waals surface area contributed by atoms with Crippen molar-refractivity contribution in [3.8, 4) is 0 Å². The Kier molecular flexibility index (Phi) is 6.10. The van der Waals surface area contributed by atoms with E-state index in [-0.39, 0.29) is 0 Å². The molecule has 2 aromatic heterocycles. The maximum atomic E-state index is 4.98. The van der Waals surface area contributed by atoms with Gasteiger partial charge in [0.05, 0.1) is 6.61 Å². The van der Waals surface area contributed by atoms with Gasteiger partial charge in [-0.15, -0.1) is 0 Å². The Morgan fingerprint density at radius 3 is 2.62 bits per heavy atom. The summed E-state index contributed by atoms with van der Waals surface area (Å²) < 4.78 is 4.98. The molecule has 1 N–H and O–H groups in total. The molecule has 0 aliphatic heterocycles. The number of methoxy groups -OCH3 is 1. The average molecular weight is 304 g/mol. The zero-order valence-electron chi connectivity index (χ0n) is 12.6. The van der Waals surface area contributed by atoms with Crippen molar-refractivity contribution in [3.63, 3.8) is 0 Å². The molecule has 21 heavy (non-hydrogen) atoms. The molecule has 0 atom stereocenters. The Labute approximate surface area is 129 Å². The van der Waals surface area contributed by atoms with Crippen LogP contribution in [-0.2, 0) is 11.3 Å². The number of aromatic nitrogens is 3. The minimum atomic E-state index is 0.702. The molecule has 2 heterocycles. The lowest BCUT2D eigenvalue weighted by molar-refractivity contribution is 0.199. The van der Waals surface area contributed by atoms with Gasteiger partial charge in [0.25, 0.3) is 0 Å². The first-order valence-corrected chi connectivity index (χ1v) is 7.63. The van der Waals surface area contributed by atoms with Crippen LogP contribution in [0.1, 0.15) is 16.8 Å². The summed E-state index contributed by atoms with van der Waals surface area (Å²) in [5.74, 6) is 0. The molecule has 0 aromatic carbocycles. The summed E-state index contributed by atoms with van der Waals surface area (Å²) in [7, 11) is 1.69. The molecule has 0 amide bonds. The highest BCUT2D eigenvalue weighted by Crippen LogP contribution is 2.23. The number of hydrogen-bond acceptors (Lipinski definition) is 6. The number of ether oxygens (including phenoxy) is 1. The van der Waals surface area contributed by atoms with E-state index in [1.165, 1.54) is 17.3 Å². The van der Waals surface area contributed by atoms with Crippen LogP contribution in [-0.4, -0.2) is 35.2 Å². The van der Waals surface area contributed by atoms with Crippen LogP contribution in [0, 0.1) is 13.8 Å². The van der Waals surface area contributed by atoms with Gasteiger partial charge < -0.3 is 10.1 Å². The molecule has 0 unspecified atom stereocenters. The van der Waals surface area contributed by atoms with Gasteiger partial charge in [0.2, 0.25) is 0 Å². The third kappa shape index (κ3) is 5.41. The molecule has 0 saturated heterocycles. The standard InChI is InChI=1S/C15H20N4OS/c1-11-6-12(2)19-14(7-11)21-15-17-9-13(10-18-15)8-16-4-5-20-3/h6-7,9-10,16H,4-5,8H2,1-3H3. The fourth-order valence-corrected chi connectivity index (χ4v) is 2.68. The third-order valence-electron chi connectivity index (χ3n) is 2.76. The Morgan fingerprint density at radius 1 is 1.19 bits per heavy atom. The van der Waals surface area contributed by atoms with Crippen molar-refractivity contribution in [2.24, 2.45) is 0 Å². The number of nitrogens with zero attached hydrogens (tertiary/aromatic N) is 3. The molecule has 0 radical (unpaired) electrons. The van der Waals surface area contributed by atoms with E-state index in [0.29, 0.717) is 11.8 Å². The summed E-state index contributed by atoms with van der Waals surface area (Å²) in [4.78, 5) is 13.2. The molecule has 0 saturated carbocycles. The lowest BCUT2D eigenvalue weighted by Crippen LogP contribution is -2.18. The third-order valence-corrected chi connectivity index (χ3v) is 3.58. The normalized spacial score (nSPS) is 10.8. The molecule has 0 aliphatic rings. The summed E-state index contributed by atoms with van der Waals surface area (Å²) in [6, 6.07) is 4.10.